The summed E-state index contributed by atoms with van der Waals surface area (Å²) in [7, 11) is 0. The first kappa shape index (κ1) is 21.7. The number of rotatable bonds is 6. The highest BCUT2D eigenvalue weighted by Crippen LogP contribution is 2.15. The number of nitrogens with zero attached hydrogens (tertiary/aromatic N) is 2. The van der Waals surface area contributed by atoms with E-state index in [1.807, 2.05) is 12.1 Å². The number of piperazine rings is 1. The molecule has 0 spiro atoms. The molecular weight excluding hydrogens is 361 g/mol. The highest BCUT2D eigenvalue weighted by Gasteiger charge is 2.10. The summed E-state index contributed by atoms with van der Waals surface area (Å²) in [5.74, 6) is 0.976. The Labute approximate surface area is 161 Å². The lowest BCUT2D eigenvalue weighted by Crippen LogP contribution is -2.46. The van der Waals surface area contributed by atoms with Crippen LogP contribution in [0.4, 0.5) is 0 Å². The number of H-pyrrole nitrogens is 1. The van der Waals surface area contributed by atoms with Crippen molar-refractivity contribution >= 4 is 41.8 Å². The molecule has 25 heavy (non-hydrogen) atoms. The van der Waals surface area contributed by atoms with E-state index < -0.39 is 0 Å². The third kappa shape index (κ3) is 6.15. The van der Waals surface area contributed by atoms with Crippen molar-refractivity contribution in [2.75, 3.05) is 39.3 Å². The average Bonchev–Trinajstić information content (AvgIpc) is 2.99. The SMILES string of the molecule is Cc1cccc2[nH]c(CCC(=O)NCCN3CCNCC3)nc12.Cl.Cl. The molecule has 1 amide bonds. The Kier molecular flexibility index (Phi) is 9.21. The number of carbonyl (C=O) groups is 1. The number of nitrogens with one attached hydrogen (secondary N) is 3. The van der Waals surface area contributed by atoms with Crippen molar-refractivity contribution in [1.29, 1.82) is 0 Å². The maximum Gasteiger partial charge on any atom is 0.220 e. The Morgan fingerprint density at radius 1 is 1.28 bits per heavy atom. The van der Waals surface area contributed by atoms with E-state index in [2.05, 4.69) is 38.5 Å². The zero-order valence-corrected chi connectivity index (χ0v) is 16.1. The van der Waals surface area contributed by atoms with Gasteiger partial charge in [0.25, 0.3) is 0 Å². The number of aromatic amines is 1. The van der Waals surface area contributed by atoms with Gasteiger partial charge in [0.15, 0.2) is 0 Å². The molecule has 2 aromatic rings. The summed E-state index contributed by atoms with van der Waals surface area (Å²) < 4.78 is 0. The van der Waals surface area contributed by atoms with Gasteiger partial charge in [0, 0.05) is 52.1 Å². The van der Waals surface area contributed by atoms with E-state index in [-0.39, 0.29) is 30.7 Å². The standard InChI is InChI=1S/C17H25N5O.2ClH/c1-13-3-2-4-14-17(13)21-15(20-14)5-6-16(23)19-9-12-22-10-7-18-8-11-22;;/h2-4,18H,5-12H2,1H3,(H,19,23)(H,20,21);2*1H. The molecule has 1 aliphatic rings. The molecule has 0 unspecified atom stereocenters. The maximum absolute atomic E-state index is 12.0. The molecule has 0 aliphatic carbocycles. The summed E-state index contributed by atoms with van der Waals surface area (Å²) in [5.41, 5.74) is 3.20. The van der Waals surface area contributed by atoms with Crippen molar-refractivity contribution in [3.05, 3.63) is 29.6 Å². The van der Waals surface area contributed by atoms with Crippen LogP contribution in [0, 0.1) is 6.92 Å². The lowest BCUT2D eigenvalue weighted by atomic mass is 10.2. The van der Waals surface area contributed by atoms with E-state index in [0.29, 0.717) is 12.8 Å². The predicted octanol–water partition coefficient (Wildman–Crippen LogP) is 1.67. The van der Waals surface area contributed by atoms with Gasteiger partial charge in [-0.15, -0.1) is 24.8 Å². The maximum atomic E-state index is 12.0. The Morgan fingerprint density at radius 2 is 2.04 bits per heavy atom. The molecule has 1 aromatic carbocycles. The van der Waals surface area contributed by atoms with Gasteiger partial charge in [0.05, 0.1) is 11.0 Å². The molecule has 1 aliphatic heterocycles. The third-order valence-electron chi connectivity index (χ3n) is 4.31. The van der Waals surface area contributed by atoms with Gasteiger partial charge in [-0.2, -0.15) is 0 Å². The van der Waals surface area contributed by atoms with Gasteiger partial charge in [-0.1, -0.05) is 12.1 Å². The average molecular weight is 388 g/mol. The zero-order valence-electron chi connectivity index (χ0n) is 14.5. The molecule has 1 fully saturated rings. The van der Waals surface area contributed by atoms with Gasteiger partial charge in [-0.05, 0) is 18.6 Å². The fourth-order valence-corrected chi connectivity index (χ4v) is 2.95. The molecule has 6 nitrogen and oxygen atoms in total. The number of fused-ring (bicyclic) bond motifs is 1. The summed E-state index contributed by atoms with van der Waals surface area (Å²) in [6.07, 6.45) is 1.12. The summed E-state index contributed by atoms with van der Waals surface area (Å²) >= 11 is 0. The van der Waals surface area contributed by atoms with Crippen LogP contribution in [0.1, 0.15) is 17.8 Å². The number of aryl methyl sites for hydroxylation is 2. The Bertz CT molecular complexity index is 670. The largest absolute Gasteiger partial charge is 0.355 e. The van der Waals surface area contributed by atoms with Gasteiger partial charge in [0.2, 0.25) is 5.91 Å². The van der Waals surface area contributed by atoms with Crippen molar-refractivity contribution in [2.24, 2.45) is 0 Å². The van der Waals surface area contributed by atoms with Crippen LogP contribution < -0.4 is 10.6 Å². The number of imidazole rings is 1. The Balaban J connectivity index is 0.00000156. The second kappa shape index (κ2) is 10.6. The molecule has 0 saturated carbocycles. The van der Waals surface area contributed by atoms with Gasteiger partial charge < -0.3 is 15.6 Å². The minimum absolute atomic E-state index is 0. The quantitative estimate of drug-likeness (QED) is 0.704. The molecule has 1 aromatic heterocycles. The molecule has 3 rings (SSSR count). The fourth-order valence-electron chi connectivity index (χ4n) is 2.95. The summed E-state index contributed by atoms with van der Waals surface area (Å²) in [6, 6.07) is 6.09. The lowest BCUT2D eigenvalue weighted by molar-refractivity contribution is -0.121. The minimum Gasteiger partial charge on any atom is -0.355 e. The monoisotopic (exact) mass is 387 g/mol. The van der Waals surface area contributed by atoms with Gasteiger partial charge in [0.1, 0.15) is 5.82 Å². The Hall–Kier alpha value is -1.34. The number of hydrogen-bond donors (Lipinski definition) is 3. The first-order valence-corrected chi connectivity index (χ1v) is 8.36. The van der Waals surface area contributed by atoms with Crippen molar-refractivity contribution in [1.82, 2.24) is 25.5 Å². The lowest BCUT2D eigenvalue weighted by Gasteiger charge is -2.27. The number of aromatic nitrogens is 2. The zero-order chi connectivity index (χ0) is 16.1. The number of benzene rings is 1. The molecule has 140 valence electrons. The van der Waals surface area contributed by atoms with Crippen molar-refractivity contribution in [2.45, 2.75) is 19.8 Å². The van der Waals surface area contributed by atoms with Crippen molar-refractivity contribution < 1.29 is 4.79 Å². The van der Waals surface area contributed by atoms with Gasteiger partial charge >= 0.3 is 0 Å². The van der Waals surface area contributed by atoms with E-state index >= 15 is 0 Å². The van der Waals surface area contributed by atoms with Crippen LogP contribution in [-0.2, 0) is 11.2 Å². The number of carbonyl (C=O) groups excluding carboxylic acids is 1. The molecule has 1 saturated heterocycles. The molecule has 2 heterocycles. The topological polar surface area (TPSA) is 73.1 Å². The van der Waals surface area contributed by atoms with Crippen LogP contribution >= 0.6 is 24.8 Å². The second-order valence-corrected chi connectivity index (χ2v) is 6.10. The number of amides is 1. The minimum atomic E-state index is 0. The van der Waals surface area contributed by atoms with Crippen molar-refractivity contribution in [3.8, 4) is 0 Å². The third-order valence-corrected chi connectivity index (χ3v) is 4.31. The first-order chi connectivity index (χ1) is 11.2. The van der Waals surface area contributed by atoms with Crippen LogP contribution in [-0.4, -0.2) is 60.0 Å². The van der Waals surface area contributed by atoms with E-state index in [0.717, 1.165) is 61.7 Å². The molecule has 3 N–H and O–H groups in total. The number of hydrogen-bond acceptors (Lipinski definition) is 4. The van der Waals surface area contributed by atoms with Crippen LogP contribution in [0.15, 0.2) is 18.2 Å². The van der Waals surface area contributed by atoms with Crippen molar-refractivity contribution in [3.63, 3.8) is 0 Å². The van der Waals surface area contributed by atoms with Gasteiger partial charge in [-0.25, -0.2) is 4.98 Å². The number of para-hydroxylation sites is 1. The summed E-state index contributed by atoms with van der Waals surface area (Å²) in [4.78, 5) is 22.2. The molecular formula is C17H27Cl2N5O. The van der Waals surface area contributed by atoms with Crippen LogP contribution in [0.5, 0.6) is 0 Å². The van der Waals surface area contributed by atoms with E-state index in [9.17, 15) is 4.79 Å². The second-order valence-electron chi connectivity index (χ2n) is 6.10. The summed E-state index contributed by atoms with van der Waals surface area (Å²) in [6.45, 7) is 7.91. The van der Waals surface area contributed by atoms with E-state index in [1.165, 1.54) is 0 Å². The molecule has 0 bridgehead atoms. The first-order valence-electron chi connectivity index (χ1n) is 8.36. The fraction of sp³-hybridized carbons (Fsp3) is 0.529. The molecule has 8 heteroatoms. The smallest absolute Gasteiger partial charge is 0.220 e. The predicted molar refractivity (Wildman–Crippen MR) is 106 cm³/mol. The molecule has 0 atom stereocenters. The normalized spacial score (nSPS) is 14.6. The highest BCUT2D eigenvalue weighted by molar-refractivity contribution is 5.85. The highest BCUT2D eigenvalue weighted by atomic mass is 35.5. The summed E-state index contributed by atoms with van der Waals surface area (Å²) in [5, 5.41) is 6.33. The molecule has 0 radical (unpaired) electrons. The van der Waals surface area contributed by atoms with E-state index in [1.54, 1.807) is 0 Å². The van der Waals surface area contributed by atoms with Gasteiger partial charge in [-0.3, -0.25) is 9.69 Å². The van der Waals surface area contributed by atoms with Crippen LogP contribution in [0.3, 0.4) is 0 Å². The van der Waals surface area contributed by atoms with Crippen LogP contribution in [0.2, 0.25) is 0 Å². The van der Waals surface area contributed by atoms with E-state index in [4.69, 9.17) is 0 Å². The number of halogens is 2. The Morgan fingerprint density at radius 3 is 2.76 bits per heavy atom. The van der Waals surface area contributed by atoms with Crippen LogP contribution in [0.25, 0.3) is 11.0 Å².